The Balaban J connectivity index is 1.25. The smallest absolute Gasteiger partial charge is 0.323 e. The minimum absolute atomic E-state index is 0.0673. The molecule has 2 heterocycles. The van der Waals surface area contributed by atoms with Crippen molar-refractivity contribution in [2.75, 3.05) is 17.2 Å². The summed E-state index contributed by atoms with van der Waals surface area (Å²) in [5.41, 5.74) is 2.06. The van der Waals surface area contributed by atoms with E-state index in [0.717, 1.165) is 18.4 Å². The fraction of sp³-hybridized carbons (Fsp3) is 0.333. The van der Waals surface area contributed by atoms with E-state index in [1.807, 2.05) is 47.4 Å². The van der Waals surface area contributed by atoms with Gasteiger partial charge in [0, 0.05) is 35.9 Å². The van der Waals surface area contributed by atoms with Crippen LogP contribution in [-0.2, 0) is 4.79 Å². The van der Waals surface area contributed by atoms with Crippen LogP contribution < -0.4 is 10.6 Å². The minimum atomic E-state index is -0.335. The van der Waals surface area contributed by atoms with Crippen molar-refractivity contribution in [1.82, 2.24) is 15.0 Å². The lowest BCUT2D eigenvalue weighted by atomic mass is 10.1. The molecule has 1 aliphatic carbocycles. The number of benzene rings is 2. The third kappa shape index (κ3) is 4.34. The van der Waals surface area contributed by atoms with Crippen LogP contribution in [0.1, 0.15) is 43.9 Å². The van der Waals surface area contributed by atoms with Crippen LogP contribution in [0.2, 0.25) is 0 Å². The van der Waals surface area contributed by atoms with Gasteiger partial charge in [0.05, 0.1) is 5.92 Å². The summed E-state index contributed by atoms with van der Waals surface area (Å²) in [4.78, 5) is 31.3. The number of carbonyl (C=O) groups excluding carboxylic acids is 2. The average molecular weight is 431 g/mol. The van der Waals surface area contributed by atoms with E-state index in [1.165, 1.54) is 12.8 Å². The van der Waals surface area contributed by atoms with Crippen molar-refractivity contribution in [3.63, 3.8) is 0 Å². The predicted octanol–water partition coefficient (Wildman–Crippen LogP) is 4.64. The number of nitrogens with zero attached hydrogens (tertiary/aromatic N) is 3. The number of rotatable bonds is 5. The van der Waals surface area contributed by atoms with Gasteiger partial charge in [0.1, 0.15) is 0 Å². The summed E-state index contributed by atoms with van der Waals surface area (Å²) >= 11 is 0. The summed E-state index contributed by atoms with van der Waals surface area (Å²) in [7, 11) is 0. The molecule has 5 rings (SSSR count). The van der Waals surface area contributed by atoms with Crippen LogP contribution >= 0.6 is 0 Å². The van der Waals surface area contributed by atoms with Crippen molar-refractivity contribution in [2.45, 2.75) is 44.1 Å². The SMILES string of the molecule is O=C(Nc1ccccc1)Nc1cccc(-c2noc([C@H]3CC(=O)N(C4CCCC4)C3)n2)c1. The second-order valence-electron chi connectivity index (χ2n) is 8.37. The number of aromatic nitrogens is 2. The zero-order valence-electron chi connectivity index (χ0n) is 17.7. The molecule has 1 atom stereocenters. The highest BCUT2D eigenvalue weighted by Gasteiger charge is 2.38. The van der Waals surface area contributed by atoms with Crippen LogP contribution in [0.3, 0.4) is 0 Å². The van der Waals surface area contributed by atoms with E-state index in [1.54, 1.807) is 12.1 Å². The van der Waals surface area contributed by atoms with Gasteiger partial charge in [0.15, 0.2) is 0 Å². The first-order chi connectivity index (χ1) is 15.7. The number of nitrogens with one attached hydrogen (secondary N) is 2. The number of para-hydroxylation sites is 1. The quantitative estimate of drug-likeness (QED) is 0.613. The molecular weight excluding hydrogens is 406 g/mol. The first-order valence-corrected chi connectivity index (χ1v) is 11.0. The molecule has 1 aliphatic heterocycles. The first-order valence-electron chi connectivity index (χ1n) is 11.0. The Hall–Kier alpha value is -3.68. The van der Waals surface area contributed by atoms with E-state index in [4.69, 9.17) is 4.52 Å². The van der Waals surface area contributed by atoms with Crippen LogP contribution in [0.5, 0.6) is 0 Å². The largest absolute Gasteiger partial charge is 0.339 e. The Morgan fingerprint density at radius 1 is 1.00 bits per heavy atom. The maximum Gasteiger partial charge on any atom is 0.323 e. The molecule has 32 heavy (non-hydrogen) atoms. The molecule has 0 bridgehead atoms. The molecule has 1 aromatic heterocycles. The second kappa shape index (κ2) is 8.82. The van der Waals surface area contributed by atoms with Gasteiger partial charge in [-0.1, -0.05) is 48.3 Å². The molecule has 0 spiro atoms. The molecule has 2 aromatic carbocycles. The maximum absolute atomic E-state index is 12.5. The molecule has 2 fully saturated rings. The van der Waals surface area contributed by atoms with Gasteiger partial charge in [-0.25, -0.2) is 4.79 Å². The van der Waals surface area contributed by atoms with Crippen LogP contribution in [0.15, 0.2) is 59.1 Å². The Morgan fingerprint density at radius 2 is 1.75 bits per heavy atom. The third-order valence-electron chi connectivity index (χ3n) is 6.13. The van der Waals surface area contributed by atoms with Gasteiger partial charge in [0.2, 0.25) is 17.6 Å². The number of urea groups is 1. The van der Waals surface area contributed by atoms with E-state index in [2.05, 4.69) is 20.8 Å². The zero-order valence-corrected chi connectivity index (χ0v) is 17.7. The topological polar surface area (TPSA) is 100 Å². The van der Waals surface area contributed by atoms with Crippen molar-refractivity contribution < 1.29 is 14.1 Å². The fourth-order valence-corrected chi connectivity index (χ4v) is 4.54. The van der Waals surface area contributed by atoms with Gasteiger partial charge in [-0.3, -0.25) is 4.79 Å². The molecule has 2 aliphatic rings. The number of carbonyl (C=O) groups is 2. The molecule has 164 valence electrons. The van der Waals surface area contributed by atoms with Gasteiger partial charge in [-0.05, 0) is 37.1 Å². The summed E-state index contributed by atoms with van der Waals surface area (Å²) in [6.07, 6.45) is 4.98. The predicted molar refractivity (Wildman–Crippen MR) is 120 cm³/mol. The van der Waals surface area contributed by atoms with Gasteiger partial charge >= 0.3 is 6.03 Å². The van der Waals surface area contributed by atoms with Crippen molar-refractivity contribution in [1.29, 1.82) is 0 Å². The highest BCUT2D eigenvalue weighted by Crippen LogP contribution is 2.34. The summed E-state index contributed by atoms with van der Waals surface area (Å²) in [5.74, 6) is 1.05. The summed E-state index contributed by atoms with van der Waals surface area (Å²) in [6.45, 7) is 0.645. The molecule has 1 saturated carbocycles. The minimum Gasteiger partial charge on any atom is -0.339 e. The summed E-state index contributed by atoms with van der Waals surface area (Å²) in [5, 5.41) is 9.73. The standard InChI is InChI=1S/C24H25N5O3/c30-21-14-17(15-29(21)20-11-4-5-12-20)23-27-22(28-32-23)16-7-6-10-19(13-16)26-24(31)25-18-8-2-1-3-9-18/h1-3,6-10,13,17,20H,4-5,11-12,14-15H2,(H2,25,26,31)/t17-/m0/s1. The molecule has 0 radical (unpaired) electrons. The van der Waals surface area contributed by atoms with Gasteiger partial charge in [-0.2, -0.15) is 4.98 Å². The van der Waals surface area contributed by atoms with Crippen molar-refractivity contribution in [2.24, 2.45) is 0 Å². The summed E-state index contributed by atoms with van der Waals surface area (Å²) in [6, 6.07) is 16.5. The summed E-state index contributed by atoms with van der Waals surface area (Å²) < 4.78 is 5.52. The molecular formula is C24H25N5O3. The third-order valence-corrected chi connectivity index (χ3v) is 6.13. The number of amides is 3. The molecule has 3 amide bonds. The molecule has 2 N–H and O–H groups in total. The number of anilines is 2. The Bertz CT molecular complexity index is 1110. The van der Waals surface area contributed by atoms with E-state index < -0.39 is 0 Å². The average Bonchev–Trinajstić information content (AvgIpc) is 3.55. The highest BCUT2D eigenvalue weighted by atomic mass is 16.5. The number of hydrogen-bond acceptors (Lipinski definition) is 5. The van der Waals surface area contributed by atoms with E-state index in [-0.39, 0.29) is 17.9 Å². The Morgan fingerprint density at radius 3 is 2.56 bits per heavy atom. The normalized spacial score (nSPS) is 18.8. The van der Waals surface area contributed by atoms with Crippen molar-refractivity contribution >= 4 is 23.3 Å². The monoisotopic (exact) mass is 431 g/mol. The van der Waals surface area contributed by atoms with Crippen molar-refractivity contribution in [3.05, 3.63) is 60.5 Å². The first kappa shape index (κ1) is 20.2. The van der Waals surface area contributed by atoms with Gasteiger partial charge in [-0.15, -0.1) is 0 Å². The second-order valence-corrected chi connectivity index (χ2v) is 8.37. The van der Waals surface area contributed by atoms with E-state index in [0.29, 0.717) is 42.1 Å². The molecule has 3 aromatic rings. The van der Waals surface area contributed by atoms with Gasteiger partial charge < -0.3 is 20.1 Å². The highest BCUT2D eigenvalue weighted by molar-refractivity contribution is 6.00. The fourth-order valence-electron chi connectivity index (χ4n) is 4.54. The van der Waals surface area contributed by atoms with E-state index in [9.17, 15) is 9.59 Å². The lowest BCUT2D eigenvalue weighted by Gasteiger charge is -2.23. The lowest BCUT2D eigenvalue weighted by molar-refractivity contribution is -0.129. The molecule has 8 nitrogen and oxygen atoms in total. The van der Waals surface area contributed by atoms with Crippen LogP contribution in [-0.4, -0.2) is 39.6 Å². The Labute approximate surface area is 186 Å². The Kier molecular flexibility index (Phi) is 5.58. The zero-order chi connectivity index (χ0) is 21.9. The van der Waals surface area contributed by atoms with Crippen LogP contribution in [0.25, 0.3) is 11.4 Å². The molecule has 0 unspecified atom stereocenters. The van der Waals surface area contributed by atoms with Crippen LogP contribution in [0.4, 0.5) is 16.2 Å². The van der Waals surface area contributed by atoms with Gasteiger partial charge in [0.25, 0.3) is 0 Å². The molecule has 1 saturated heterocycles. The maximum atomic E-state index is 12.5. The number of likely N-dealkylation sites (tertiary alicyclic amines) is 1. The van der Waals surface area contributed by atoms with Crippen LogP contribution in [0, 0.1) is 0 Å². The lowest BCUT2D eigenvalue weighted by Crippen LogP contribution is -2.34. The molecule has 8 heteroatoms. The van der Waals surface area contributed by atoms with E-state index >= 15 is 0 Å². The number of hydrogen-bond donors (Lipinski definition) is 2. The van der Waals surface area contributed by atoms with Crippen molar-refractivity contribution in [3.8, 4) is 11.4 Å².